The molecule has 0 aliphatic heterocycles. The van der Waals surface area contributed by atoms with Gasteiger partial charge in [-0.2, -0.15) is 0 Å². The summed E-state index contributed by atoms with van der Waals surface area (Å²) in [6.07, 6.45) is 0. The number of carbonyl (C=O) groups excluding carboxylic acids is 1. The van der Waals surface area contributed by atoms with E-state index in [2.05, 4.69) is 16.4 Å². The molecule has 130 valence electrons. The van der Waals surface area contributed by atoms with E-state index in [9.17, 15) is 4.79 Å². The van der Waals surface area contributed by atoms with Gasteiger partial charge in [0.2, 0.25) is 5.91 Å². The van der Waals surface area contributed by atoms with E-state index in [1.54, 1.807) is 18.4 Å². The zero-order valence-corrected chi connectivity index (χ0v) is 15.7. The van der Waals surface area contributed by atoms with E-state index in [1.807, 2.05) is 53.0 Å². The number of carbonyl (C=O) groups is 1. The zero-order valence-electron chi connectivity index (χ0n) is 14.1. The van der Waals surface area contributed by atoms with Crippen LogP contribution in [0.3, 0.4) is 0 Å². The van der Waals surface area contributed by atoms with Crippen molar-refractivity contribution in [2.24, 2.45) is 0 Å². The molecule has 5 nitrogen and oxygen atoms in total. The van der Waals surface area contributed by atoms with Crippen molar-refractivity contribution in [2.45, 2.75) is 6.54 Å². The second kappa shape index (κ2) is 8.24. The van der Waals surface area contributed by atoms with Crippen LogP contribution in [0.15, 0.2) is 47.2 Å². The van der Waals surface area contributed by atoms with Crippen molar-refractivity contribution < 1.29 is 9.53 Å². The summed E-state index contributed by atoms with van der Waals surface area (Å²) >= 11 is 3.12. The van der Waals surface area contributed by atoms with Gasteiger partial charge < -0.3 is 10.1 Å². The summed E-state index contributed by atoms with van der Waals surface area (Å²) in [4.78, 5) is 19.9. The van der Waals surface area contributed by atoms with Crippen LogP contribution in [-0.4, -0.2) is 36.5 Å². The number of hydrogen-bond donors (Lipinski definition) is 1. The first-order chi connectivity index (χ1) is 12.1. The topological polar surface area (TPSA) is 54.5 Å². The molecule has 0 unspecified atom stereocenters. The molecule has 0 bridgehead atoms. The lowest BCUT2D eigenvalue weighted by Gasteiger charge is -2.14. The molecular weight excluding hydrogens is 354 g/mol. The first kappa shape index (κ1) is 17.6. The molecule has 25 heavy (non-hydrogen) atoms. The lowest BCUT2D eigenvalue weighted by Crippen LogP contribution is -2.29. The van der Waals surface area contributed by atoms with Crippen LogP contribution < -0.4 is 10.1 Å². The van der Waals surface area contributed by atoms with Crippen LogP contribution in [0.5, 0.6) is 5.75 Å². The molecule has 1 N–H and O–H groups in total. The fourth-order valence-corrected chi connectivity index (χ4v) is 3.87. The number of rotatable bonds is 7. The van der Waals surface area contributed by atoms with Crippen LogP contribution in [0, 0.1) is 0 Å². The maximum atomic E-state index is 12.2. The molecule has 0 saturated carbocycles. The summed E-state index contributed by atoms with van der Waals surface area (Å²) in [6.45, 7) is 1.09. The highest BCUT2D eigenvalue weighted by Gasteiger charge is 2.11. The SMILES string of the molecule is COc1ccc(-c2csc(NC(=O)CN(C)Cc3cccs3)n2)cc1. The number of benzene rings is 1. The van der Waals surface area contributed by atoms with E-state index in [0.717, 1.165) is 23.6 Å². The van der Waals surface area contributed by atoms with Crippen LogP contribution >= 0.6 is 22.7 Å². The Kier molecular flexibility index (Phi) is 5.80. The highest BCUT2D eigenvalue weighted by Crippen LogP contribution is 2.26. The summed E-state index contributed by atoms with van der Waals surface area (Å²) in [7, 11) is 3.57. The normalized spacial score (nSPS) is 10.8. The Balaban J connectivity index is 1.55. The van der Waals surface area contributed by atoms with Crippen molar-refractivity contribution in [3.8, 4) is 17.0 Å². The monoisotopic (exact) mass is 373 g/mol. The maximum Gasteiger partial charge on any atom is 0.240 e. The molecule has 2 heterocycles. The number of methoxy groups -OCH3 is 1. The van der Waals surface area contributed by atoms with Gasteiger partial charge in [-0.05, 0) is 42.8 Å². The smallest absolute Gasteiger partial charge is 0.240 e. The Morgan fingerprint density at radius 2 is 2.04 bits per heavy atom. The minimum atomic E-state index is -0.0605. The Hall–Kier alpha value is -2.22. The average molecular weight is 374 g/mol. The van der Waals surface area contributed by atoms with Gasteiger partial charge in [-0.15, -0.1) is 22.7 Å². The fraction of sp³-hybridized carbons (Fsp3) is 0.222. The largest absolute Gasteiger partial charge is 0.497 e. The van der Waals surface area contributed by atoms with Gasteiger partial charge in [-0.1, -0.05) is 6.07 Å². The minimum Gasteiger partial charge on any atom is -0.497 e. The molecule has 1 aromatic carbocycles. The van der Waals surface area contributed by atoms with Gasteiger partial charge in [-0.3, -0.25) is 9.69 Å². The van der Waals surface area contributed by atoms with E-state index in [1.165, 1.54) is 16.2 Å². The molecule has 3 aromatic rings. The van der Waals surface area contributed by atoms with Crippen molar-refractivity contribution in [3.63, 3.8) is 0 Å². The molecular formula is C18H19N3O2S2. The molecule has 0 aliphatic rings. The molecule has 0 atom stereocenters. The third kappa shape index (κ3) is 4.88. The number of nitrogens with one attached hydrogen (secondary N) is 1. The standard InChI is InChI=1S/C18H19N3O2S2/c1-21(10-15-4-3-9-24-15)11-17(22)20-18-19-16(12-25-18)13-5-7-14(23-2)8-6-13/h3-9,12H,10-11H2,1-2H3,(H,19,20,22). The lowest BCUT2D eigenvalue weighted by atomic mass is 10.2. The van der Waals surface area contributed by atoms with E-state index < -0.39 is 0 Å². The average Bonchev–Trinajstić information content (AvgIpc) is 3.26. The Morgan fingerprint density at radius 3 is 2.72 bits per heavy atom. The third-order valence-electron chi connectivity index (χ3n) is 3.56. The zero-order chi connectivity index (χ0) is 17.6. The molecule has 3 rings (SSSR count). The van der Waals surface area contributed by atoms with Gasteiger partial charge in [0.15, 0.2) is 5.13 Å². The van der Waals surface area contributed by atoms with Gasteiger partial charge in [0, 0.05) is 22.4 Å². The van der Waals surface area contributed by atoms with Gasteiger partial charge in [0.25, 0.3) is 0 Å². The van der Waals surface area contributed by atoms with Gasteiger partial charge in [0.05, 0.1) is 19.3 Å². The highest BCUT2D eigenvalue weighted by atomic mass is 32.1. The molecule has 0 radical (unpaired) electrons. The van der Waals surface area contributed by atoms with Crippen molar-refractivity contribution in [2.75, 3.05) is 26.0 Å². The quantitative estimate of drug-likeness (QED) is 0.681. The summed E-state index contributed by atoms with van der Waals surface area (Å²) < 4.78 is 5.16. The number of thiazole rings is 1. The lowest BCUT2D eigenvalue weighted by molar-refractivity contribution is -0.117. The second-order valence-corrected chi connectivity index (χ2v) is 7.46. The van der Waals surface area contributed by atoms with Crippen LogP contribution in [0.4, 0.5) is 5.13 Å². The second-order valence-electron chi connectivity index (χ2n) is 5.57. The van der Waals surface area contributed by atoms with Crippen LogP contribution in [0.1, 0.15) is 4.88 Å². The number of likely N-dealkylation sites (N-methyl/N-ethyl adjacent to an activating group) is 1. The predicted molar refractivity (Wildman–Crippen MR) is 103 cm³/mol. The predicted octanol–water partition coefficient (Wildman–Crippen LogP) is 3.95. The van der Waals surface area contributed by atoms with Crippen LogP contribution in [-0.2, 0) is 11.3 Å². The fourth-order valence-electron chi connectivity index (χ4n) is 2.35. The molecule has 0 fully saturated rings. The Labute approximate surface area is 154 Å². The van der Waals surface area contributed by atoms with Crippen molar-refractivity contribution >= 4 is 33.7 Å². The van der Waals surface area contributed by atoms with E-state index in [0.29, 0.717) is 11.7 Å². The highest BCUT2D eigenvalue weighted by molar-refractivity contribution is 7.14. The van der Waals surface area contributed by atoms with Crippen molar-refractivity contribution in [1.82, 2.24) is 9.88 Å². The number of hydrogen-bond acceptors (Lipinski definition) is 6. The molecule has 0 spiro atoms. The summed E-state index contributed by atoms with van der Waals surface area (Å²) in [5.41, 5.74) is 1.84. The molecule has 0 saturated heterocycles. The molecule has 1 amide bonds. The van der Waals surface area contributed by atoms with E-state index in [-0.39, 0.29) is 5.91 Å². The summed E-state index contributed by atoms with van der Waals surface area (Å²) in [5.74, 6) is 0.746. The molecule has 7 heteroatoms. The van der Waals surface area contributed by atoms with Crippen molar-refractivity contribution in [1.29, 1.82) is 0 Å². The first-order valence-electron chi connectivity index (χ1n) is 7.75. The number of nitrogens with zero attached hydrogens (tertiary/aromatic N) is 2. The van der Waals surface area contributed by atoms with Gasteiger partial charge >= 0.3 is 0 Å². The first-order valence-corrected chi connectivity index (χ1v) is 9.50. The Morgan fingerprint density at radius 1 is 1.24 bits per heavy atom. The number of anilines is 1. The number of ether oxygens (including phenoxy) is 1. The van der Waals surface area contributed by atoms with Gasteiger partial charge in [-0.25, -0.2) is 4.98 Å². The summed E-state index contributed by atoms with van der Waals surface area (Å²) in [6, 6.07) is 11.8. The number of thiophene rings is 1. The third-order valence-corrected chi connectivity index (χ3v) is 5.17. The van der Waals surface area contributed by atoms with Crippen LogP contribution in [0.2, 0.25) is 0 Å². The molecule has 2 aromatic heterocycles. The maximum absolute atomic E-state index is 12.2. The number of amides is 1. The minimum absolute atomic E-state index is 0.0605. The number of aromatic nitrogens is 1. The Bertz CT molecular complexity index is 813. The van der Waals surface area contributed by atoms with E-state index >= 15 is 0 Å². The van der Waals surface area contributed by atoms with Crippen molar-refractivity contribution in [3.05, 3.63) is 52.0 Å². The van der Waals surface area contributed by atoms with Gasteiger partial charge in [0.1, 0.15) is 5.75 Å². The summed E-state index contributed by atoms with van der Waals surface area (Å²) in [5, 5.41) is 7.46. The van der Waals surface area contributed by atoms with Crippen LogP contribution in [0.25, 0.3) is 11.3 Å². The molecule has 0 aliphatic carbocycles. The van der Waals surface area contributed by atoms with E-state index in [4.69, 9.17) is 4.74 Å².